The van der Waals surface area contributed by atoms with Crippen LogP contribution < -0.4 is 10.5 Å². The molecule has 0 saturated carbocycles. The first kappa shape index (κ1) is 30.2. The molecule has 0 amide bonds. The average molecular weight is 723 g/mol. The zero-order valence-corrected chi connectivity index (χ0v) is 29.3. The molecule has 7 aromatic rings. The van der Waals surface area contributed by atoms with Crippen molar-refractivity contribution in [3.8, 4) is 0 Å². The fourth-order valence-corrected chi connectivity index (χ4v) is 22.0. The summed E-state index contributed by atoms with van der Waals surface area (Å²) in [6, 6.07) is 79.1. The summed E-state index contributed by atoms with van der Waals surface area (Å²) in [7, 11) is 0. The zero-order valence-electron chi connectivity index (χ0n) is 26.7. The fourth-order valence-electron chi connectivity index (χ4n) is 7.61. The molecule has 0 fully saturated rings. The van der Waals surface area contributed by atoms with E-state index in [1.165, 1.54) is 55.1 Å². The summed E-state index contributed by atoms with van der Waals surface area (Å²) in [6.45, 7) is 0. The van der Waals surface area contributed by atoms with Gasteiger partial charge in [0.2, 0.25) is 0 Å². The molecule has 0 N–H and O–H groups in total. The Kier molecular flexibility index (Phi) is 8.50. The molecule has 0 atom stereocenters. The van der Waals surface area contributed by atoms with Crippen LogP contribution in [-0.4, -0.2) is 18.8 Å². The number of rotatable bonds is 8. The van der Waals surface area contributed by atoms with Gasteiger partial charge in [-0.1, -0.05) is 0 Å². The van der Waals surface area contributed by atoms with Gasteiger partial charge >= 0.3 is 290 Å². The molecule has 0 radical (unpaired) electrons. The molecule has 0 nitrogen and oxygen atoms in total. The van der Waals surface area contributed by atoms with E-state index in [1.54, 1.807) is 0 Å². The number of allylic oxidation sites excluding steroid dienone is 4. The summed E-state index contributed by atoms with van der Waals surface area (Å²) in [5, 5.41) is 0. The van der Waals surface area contributed by atoms with Gasteiger partial charge in [0, 0.05) is 0 Å². The van der Waals surface area contributed by atoms with Crippen LogP contribution in [0.1, 0.15) is 22.3 Å². The first-order valence-corrected chi connectivity index (χ1v) is 21.9. The normalized spacial score (nSPS) is 13.6. The number of hydrogen-bond donors (Lipinski definition) is 0. The van der Waals surface area contributed by atoms with Gasteiger partial charge in [-0.2, -0.15) is 0 Å². The van der Waals surface area contributed by atoms with Crippen LogP contribution in [0.2, 0.25) is 3.86 Å². The zero-order chi connectivity index (χ0) is 32.2. The van der Waals surface area contributed by atoms with Gasteiger partial charge in [-0.3, -0.25) is 0 Å². The van der Waals surface area contributed by atoms with Crippen molar-refractivity contribution in [1.82, 2.24) is 0 Å². The van der Waals surface area contributed by atoms with Crippen molar-refractivity contribution in [3.05, 3.63) is 235 Å². The molecule has 0 saturated heterocycles. The van der Waals surface area contributed by atoms with Crippen LogP contribution in [0.4, 0.5) is 0 Å². The summed E-state index contributed by atoms with van der Waals surface area (Å²) >= 11 is -3.99. The van der Waals surface area contributed by atoms with Gasteiger partial charge in [0.15, 0.2) is 0 Å². The van der Waals surface area contributed by atoms with E-state index in [1.807, 2.05) is 0 Å². The fraction of sp³-hybridized carbons (Fsp3) is 0.0213. The Hall–Kier alpha value is -5.16. The summed E-state index contributed by atoms with van der Waals surface area (Å²) < 4.78 is 4.48. The van der Waals surface area contributed by atoms with E-state index in [4.69, 9.17) is 0 Å². The third-order valence-electron chi connectivity index (χ3n) is 9.51. The summed E-state index contributed by atoms with van der Waals surface area (Å²) in [4.78, 5) is 0. The SMILES string of the molecule is c1ccc(C2=C(c3ccccc3)[CH]([Sb+]([c]3ccccc3)([c]3ccccc3)[c]3ccccc3)C(c3ccccc3)=C2c2ccccc2)cc1. The molecule has 1 aliphatic rings. The van der Waals surface area contributed by atoms with E-state index in [9.17, 15) is 0 Å². The number of benzene rings is 7. The molecule has 1 aliphatic carbocycles. The van der Waals surface area contributed by atoms with Crippen LogP contribution in [0.15, 0.2) is 212 Å². The minimum absolute atomic E-state index is 0.103. The van der Waals surface area contributed by atoms with Crippen LogP contribution in [-0.2, 0) is 0 Å². The van der Waals surface area contributed by atoms with Crippen molar-refractivity contribution in [2.45, 2.75) is 3.86 Å². The standard InChI is InChI=1S/C29H21.3C6H5.Sb/c1-5-13-22(14-6-1)26-21-27(23-15-7-2-8-16-23)29(25-19-11-4-12-20-25)28(26)24-17-9-3-10-18-24;3*1-2-4-6-5-3-1;/h1-21H;3*1-5H;/q;;;;+1. The predicted molar refractivity (Wildman–Crippen MR) is 207 cm³/mol. The van der Waals surface area contributed by atoms with E-state index < -0.39 is 18.8 Å². The molecule has 228 valence electrons. The van der Waals surface area contributed by atoms with Gasteiger partial charge in [0.1, 0.15) is 0 Å². The van der Waals surface area contributed by atoms with Gasteiger partial charge in [-0.05, 0) is 0 Å². The molecule has 0 aliphatic heterocycles. The second kappa shape index (κ2) is 13.5. The van der Waals surface area contributed by atoms with Crippen LogP contribution in [0.3, 0.4) is 0 Å². The molecule has 48 heavy (non-hydrogen) atoms. The monoisotopic (exact) mass is 721 g/mol. The maximum atomic E-state index is 2.42. The second-order valence-electron chi connectivity index (χ2n) is 12.2. The average Bonchev–Trinajstić information content (AvgIpc) is 3.54. The molecule has 7 aromatic carbocycles. The first-order valence-electron chi connectivity index (χ1n) is 16.6. The predicted octanol–water partition coefficient (Wildman–Crippen LogP) is 9.76. The van der Waals surface area contributed by atoms with E-state index in [0.717, 1.165) is 0 Å². The molecule has 0 spiro atoms. The van der Waals surface area contributed by atoms with Crippen LogP contribution in [0, 0.1) is 0 Å². The van der Waals surface area contributed by atoms with Crippen LogP contribution in [0.25, 0.3) is 22.3 Å². The minimum atomic E-state index is -3.99. The summed E-state index contributed by atoms with van der Waals surface area (Å²) in [5.41, 5.74) is 10.6. The van der Waals surface area contributed by atoms with Gasteiger partial charge in [0.05, 0.1) is 0 Å². The third-order valence-corrected chi connectivity index (χ3v) is 22.7. The Labute approximate surface area is 288 Å². The van der Waals surface area contributed by atoms with Crippen LogP contribution >= 0.6 is 0 Å². The molecular formula is C47H36Sb+. The molecule has 0 unspecified atom stereocenters. The Bertz CT molecular complexity index is 1980. The van der Waals surface area contributed by atoms with E-state index in [-0.39, 0.29) is 3.86 Å². The molecule has 8 rings (SSSR count). The van der Waals surface area contributed by atoms with E-state index in [0.29, 0.717) is 0 Å². The Morgan fingerprint density at radius 3 is 0.750 bits per heavy atom. The van der Waals surface area contributed by atoms with Crippen molar-refractivity contribution in [2.75, 3.05) is 0 Å². The Balaban J connectivity index is 1.64. The first-order chi connectivity index (χ1) is 23.9. The Morgan fingerprint density at radius 2 is 0.479 bits per heavy atom. The third kappa shape index (κ3) is 5.28. The maximum absolute atomic E-state index is 3.99. The molecule has 0 bridgehead atoms. The van der Waals surface area contributed by atoms with Crippen molar-refractivity contribution in [1.29, 1.82) is 0 Å². The van der Waals surface area contributed by atoms with Gasteiger partial charge in [-0.15, -0.1) is 0 Å². The van der Waals surface area contributed by atoms with Crippen molar-refractivity contribution < 1.29 is 0 Å². The van der Waals surface area contributed by atoms with Crippen molar-refractivity contribution in [3.63, 3.8) is 0 Å². The molecular weight excluding hydrogens is 686 g/mol. The summed E-state index contributed by atoms with van der Waals surface area (Å²) in [5.74, 6) is 0. The van der Waals surface area contributed by atoms with Crippen molar-refractivity contribution >= 4 is 51.6 Å². The van der Waals surface area contributed by atoms with E-state index >= 15 is 0 Å². The van der Waals surface area contributed by atoms with Gasteiger partial charge in [-0.25, -0.2) is 0 Å². The quantitative estimate of drug-likeness (QED) is 0.137. The molecule has 1 heteroatoms. The van der Waals surface area contributed by atoms with Gasteiger partial charge in [0.25, 0.3) is 0 Å². The summed E-state index contributed by atoms with van der Waals surface area (Å²) in [6.07, 6.45) is 0. The molecule has 0 aromatic heterocycles. The number of hydrogen-bond acceptors (Lipinski definition) is 0. The van der Waals surface area contributed by atoms with Crippen molar-refractivity contribution in [2.24, 2.45) is 0 Å². The van der Waals surface area contributed by atoms with E-state index in [2.05, 4.69) is 212 Å². The Morgan fingerprint density at radius 1 is 0.250 bits per heavy atom. The molecule has 0 heterocycles. The van der Waals surface area contributed by atoms with Crippen LogP contribution in [0.5, 0.6) is 0 Å². The topological polar surface area (TPSA) is 0 Å². The van der Waals surface area contributed by atoms with Gasteiger partial charge < -0.3 is 0 Å². The second-order valence-corrected chi connectivity index (χ2v) is 22.2.